The molecule has 1 aliphatic rings. The molecule has 0 saturated heterocycles. The molecule has 1 heterocycles. The van der Waals surface area contributed by atoms with E-state index in [0.717, 1.165) is 5.56 Å². The minimum Gasteiger partial charge on any atom is -0.482 e. The molecule has 5 nitrogen and oxygen atoms in total. The third-order valence-corrected chi connectivity index (χ3v) is 3.36. The van der Waals surface area contributed by atoms with Gasteiger partial charge in [0.1, 0.15) is 6.10 Å². The molecule has 2 aromatic carbocycles. The Morgan fingerprint density at radius 1 is 1.05 bits per heavy atom. The summed E-state index contributed by atoms with van der Waals surface area (Å²) in [5.41, 5.74) is 3.39. The second-order valence-electron chi connectivity index (χ2n) is 5.05. The molecule has 0 spiro atoms. The first-order valence-electron chi connectivity index (χ1n) is 7.12. The summed E-state index contributed by atoms with van der Waals surface area (Å²) in [4.78, 5) is 17.4. The smallest absolute Gasteiger partial charge is 0.288 e. The first-order chi connectivity index (χ1) is 10.7. The number of hydroxylamine groups is 1. The van der Waals surface area contributed by atoms with E-state index in [2.05, 4.69) is 5.48 Å². The summed E-state index contributed by atoms with van der Waals surface area (Å²) in [7, 11) is 0. The Balaban J connectivity index is 1.56. The number of fused-ring (bicyclic) bond motifs is 1. The lowest BCUT2D eigenvalue weighted by atomic mass is 10.1. The fraction of sp³-hybridized carbons (Fsp3) is 0.235. The molecule has 0 radical (unpaired) electrons. The molecule has 22 heavy (non-hydrogen) atoms. The number of carbonyl (C=O) groups excluding carboxylic acids is 1. The molecule has 0 bridgehead atoms. The molecule has 1 aliphatic heterocycles. The number of para-hydroxylation sites is 2. The third kappa shape index (κ3) is 3.20. The average Bonchev–Trinajstić information content (AvgIpc) is 2.55. The van der Waals surface area contributed by atoms with Crippen molar-refractivity contribution in [1.82, 2.24) is 5.48 Å². The largest absolute Gasteiger partial charge is 0.482 e. The van der Waals surface area contributed by atoms with E-state index >= 15 is 0 Å². The highest BCUT2D eigenvalue weighted by molar-refractivity contribution is 5.81. The summed E-state index contributed by atoms with van der Waals surface area (Å²) >= 11 is 0. The van der Waals surface area contributed by atoms with E-state index in [0.29, 0.717) is 18.1 Å². The topological polar surface area (TPSA) is 56.8 Å². The number of ether oxygens (including phenoxy) is 2. The molecule has 3 rings (SSSR count). The highest BCUT2D eigenvalue weighted by Gasteiger charge is 2.34. The molecule has 1 amide bonds. The Morgan fingerprint density at radius 2 is 1.68 bits per heavy atom. The monoisotopic (exact) mass is 299 g/mol. The maximum Gasteiger partial charge on any atom is 0.288 e. The van der Waals surface area contributed by atoms with Crippen LogP contribution in [0.5, 0.6) is 11.5 Å². The predicted octanol–water partition coefficient (Wildman–Crippen LogP) is 2.46. The summed E-state index contributed by atoms with van der Waals surface area (Å²) in [5.74, 6) is 0.839. The van der Waals surface area contributed by atoms with Crippen molar-refractivity contribution in [1.29, 1.82) is 0 Å². The van der Waals surface area contributed by atoms with Crippen molar-refractivity contribution in [3.63, 3.8) is 0 Å². The van der Waals surface area contributed by atoms with Crippen LogP contribution in [0.3, 0.4) is 0 Å². The van der Waals surface area contributed by atoms with E-state index in [9.17, 15) is 4.79 Å². The standard InChI is InChI=1S/C17H17NO4/c1-12-16(22-15-10-6-5-9-14(15)21-12)17(19)18-20-11-13-7-3-2-4-8-13/h2-10,12,16H,11H2,1H3,(H,18,19)/t12-,16-/m1/s1. The number of hydrogen-bond donors (Lipinski definition) is 1. The summed E-state index contributed by atoms with van der Waals surface area (Å²) in [6.45, 7) is 2.09. The summed E-state index contributed by atoms with van der Waals surface area (Å²) in [5, 5.41) is 0. The Bertz CT molecular complexity index is 644. The minimum absolute atomic E-state index is 0.297. The SMILES string of the molecule is C[C@H]1Oc2ccccc2O[C@H]1C(=O)NOCc1ccccc1. The van der Waals surface area contributed by atoms with Gasteiger partial charge in [0, 0.05) is 0 Å². The molecule has 114 valence electrons. The van der Waals surface area contributed by atoms with Gasteiger partial charge in [-0.1, -0.05) is 42.5 Å². The number of rotatable bonds is 4. The normalized spacial score (nSPS) is 19.5. The summed E-state index contributed by atoms with van der Waals surface area (Å²) < 4.78 is 11.4. The van der Waals surface area contributed by atoms with Crippen molar-refractivity contribution in [2.75, 3.05) is 0 Å². The van der Waals surface area contributed by atoms with Gasteiger partial charge in [-0.05, 0) is 24.6 Å². The maximum atomic E-state index is 12.2. The van der Waals surface area contributed by atoms with Gasteiger partial charge in [-0.25, -0.2) is 5.48 Å². The van der Waals surface area contributed by atoms with Crippen molar-refractivity contribution in [3.05, 3.63) is 60.2 Å². The molecule has 0 aromatic heterocycles. The van der Waals surface area contributed by atoms with Crippen LogP contribution >= 0.6 is 0 Å². The Kier molecular flexibility index (Phi) is 4.25. The van der Waals surface area contributed by atoms with Crippen LogP contribution in [0.25, 0.3) is 0 Å². The van der Waals surface area contributed by atoms with Gasteiger partial charge in [-0.2, -0.15) is 0 Å². The fourth-order valence-corrected chi connectivity index (χ4v) is 2.23. The Morgan fingerprint density at radius 3 is 2.41 bits per heavy atom. The molecule has 2 aromatic rings. The summed E-state index contributed by atoms with van der Waals surface area (Å²) in [6, 6.07) is 16.9. The molecule has 1 N–H and O–H groups in total. The van der Waals surface area contributed by atoms with Gasteiger partial charge in [0.2, 0.25) is 6.10 Å². The van der Waals surface area contributed by atoms with Gasteiger partial charge in [-0.15, -0.1) is 0 Å². The summed E-state index contributed by atoms with van der Waals surface area (Å²) in [6.07, 6.45) is -1.14. The van der Waals surface area contributed by atoms with E-state index in [-0.39, 0.29) is 5.91 Å². The lowest BCUT2D eigenvalue weighted by Gasteiger charge is -2.30. The number of carbonyl (C=O) groups is 1. The molecule has 2 atom stereocenters. The van der Waals surface area contributed by atoms with Gasteiger partial charge in [0.05, 0.1) is 6.61 Å². The molecule has 0 saturated carbocycles. The number of nitrogens with one attached hydrogen (secondary N) is 1. The van der Waals surface area contributed by atoms with Crippen molar-refractivity contribution in [3.8, 4) is 11.5 Å². The third-order valence-electron chi connectivity index (χ3n) is 3.36. The maximum absolute atomic E-state index is 12.2. The lowest BCUT2D eigenvalue weighted by Crippen LogP contribution is -2.48. The Labute approximate surface area is 128 Å². The lowest BCUT2D eigenvalue weighted by molar-refractivity contribution is -0.147. The second-order valence-corrected chi connectivity index (χ2v) is 5.05. The van der Waals surface area contributed by atoms with Gasteiger partial charge in [0.25, 0.3) is 5.91 Å². The van der Waals surface area contributed by atoms with Crippen LogP contribution in [0.1, 0.15) is 12.5 Å². The molecular formula is C17H17NO4. The first kappa shape index (κ1) is 14.4. The van der Waals surface area contributed by atoms with Crippen LogP contribution in [0.15, 0.2) is 54.6 Å². The predicted molar refractivity (Wildman–Crippen MR) is 80.3 cm³/mol. The van der Waals surface area contributed by atoms with Crippen molar-refractivity contribution in [2.24, 2.45) is 0 Å². The molecule has 0 fully saturated rings. The van der Waals surface area contributed by atoms with Crippen LogP contribution in [-0.4, -0.2) is 18.1 Å². The first-order valence-corrected chi connectivity index (χ1v) is 7.12. The molecular weight excluding hydrogens is 282 g/mol. The fourth-order valence-electron chi connectivity index (χ4n) is 2.23. The molecule has 0 unspecified atom stereocenters. The van der Waals surface area contributed by atoms with Crippen LogP contribution in [0.2, 0.25) is 0 Å². The number of benzene rings is 2. The highest BCUT2D eigenvalue weighted by atomic mass is 16.7. The van der Waals surface area contributed by atoms with E-state index in [4.69, 9.17) is 14.3 Å². The van der Waals surface area contributed by atoms with Gasteiger partial charge >= 0.3 is 0 Å². The number of amides is 1. The van der Waals surface area contributed by atoms with Crippen LogP contribution in [-0.2, 0) is 16.2 Å². The molecule has 0 aliphatic carbocycles. The Hall–Kier alpha value is -2.53. The van der Waals surface area contributed by atoms with Gasteiger partial charge in [0.15, 0.2) is 11.5 Å². The minimum atomic E-state index is -0.745. The highest BCUT2D eigenvalue weighted by Crippen LogP contribution is 2.33. The van der Waals surface area contributed by atoms with Crippen LogP contribution in [0.4, 0.5) is 0 Å². The van der Waals surface area contributed by atoms with Crippen LogP contribution < -0.4 is 15.0 Å². The number of hydrogen-bond acceptors (Lipinski definition) is 4. The zero-order chi connectivity index (χ0) is 15.4. The second kappa shape index (κ2) is 6.49. The molecule has 5 heteroatoms. The van der Waals surface area contributed by atoms with Gasteiger partial charge in [-0.3, -0.25) is 9.63 Å². The zero-order valence-corrected chi connectivity index (χ0v) is 12.2. The van der Waals surface area contributed by atoms with Crippen LogP contribution in [0, 0.1) is 0 Å². The van der Waals surface area contributed by atoms with E-state index in [1.54, 1.807) is 13.0 Å². The van der Waals surface area contributed by atoms with E-state index < -0.39 is 12.2 Å². The quantitative estimate of drug-likeness (QED) is 0.881. The zero-order valence-electron chi connectivity index (χ0n) is 12.2. The van der Waals surface area contributed by atoms with E-state index in [1.165, 1.54) is 0 Å². The van der Waals surface area contributed by atoms with Crippen molar-refractivity contribution >= 4 is 5.91 Å². The van der Waals surface area contributed by atoms with E-state index in [1.807, 2.05) is 48.5 Å². The van der Waals surface area contributed by atoms with Crippen molar-refractivity contribution in [2.45, 2.75) is 25.7 Å². The average molecular weight is 299 g/mol. The van der Waals surface area contributed by atoms with Crippen molar-refractivity contribution < 1.29 is 19.1 Å². The van der Waals surface area contributed by atoms with Gasteiger partial charge < -0.3 is 9.47 Å².